The van der Waals surface area contributed by atoms with Crippen LogP contribution in [0.3, 0.4) is 0 Å². The summed E-state index contributed by atoms with van der Waals surface area (Å²) in [6.45, 7) is 4.83. The maximum Gasteiger partial charge on any atom is 0.361 e. The van der Waals surface area contributed by atoms with Gasteiger partial charge in [-0.05, 0) is 67.3 Å². The Bertz CT molecular complexity index is 2210. The molecule has 0 saturated carbocycles. The zero-order chi connectivity index (χ0) is 33.5. The number of aromatic nitrogens is 1. The molecule has 0 saturated heterocycles. The van der Waals surface area contributed by atoms with Gasteiger partial charge in [0.1, 0.15) is 17.7 Å². The molecule has 9 nitrogen and oxygen atoms in total. The number of methoxy groups -OCH3 is 4. The Kier molecular flexibility index (Phi) is 8.12. The van der Waals surface area contributed by atoms with Crippen LogP contribution in [0, 0.1) is 0 Å². The number of aryl methyl sites for hydroxylation is 2. The van der Waals surface area contributed by atoms with Gasteiger partial charge in [0.2, 0.25) is 0 Å². The van der Waals surface area contributed by atoms with Gasteiger partial charge in [0.05, 0.1) is 40.2 Å². The van der Waals surface area contributed by atoms with Gasteiger partial charge in [-0.3, -0.25) is 0 Å². The minimum atomic E-state index is -0.444. The SMILES string of the molecule is COc1cc2c(cc1OC)-c1c(-c3ccc(OC)c(OC(C)C)c3)c3c4cc(OC)c(OCc5ccccc5)cc4oc(=O)c3n1CC2. The molecule has 0 spiro atoms. The summed E-state index contributed by atoms with van der Waals surface area (Å²) in [5.41, 5.74) is 6.01. The van der Waals surface area contributed by atoms with Gasteiger partial charge >= 0.3 is 5.63 Å². The van der Waals surface area contributed by atoms with Gasteiger partial charge in [-0.25, -0.2) is 4.79 Å². The zero-order valence-electron chi connectivity index (χ0n) is 27.8. The van der Waals surface area contributed by atoms with E-state index in [4.69, 9.17) is 32.8 Å². The van der Waals surface area contributed by atoms with Gasteiger partial charge in [0.15, 0.2) is 34.5 Å². The molecule has 2 aromatic heterocycles. The molecule has 4 aromatic carbocycles. The van der Waals surface area contributed by atoms with E-state index in [1.54, 1.807) is 34.5 Å². The highest BCUT2D eigenvalue weighted by Crippen LogP contribution is 2.50. The molecule has 0 atom stereocenters. The quantitative estimate of drug-likeness (QED) is 0.138. The van der Waals surface area contributed by atoms with Crippen LogP contribution in [0.15, 0.2) is 82.0 Å². The highest BCUT2D eigenvalue weighted by molar-refractivity contribution is 6.17. The van der Waals surface area contributed by atoms with Crippen molar-refractivity contribution in [2.45, 2.75) is 39.5 Å². The van der Waals surface area contributed by atoms with E-state index in [-0.39, 0.29) is 6.10 Å². The highest BCUT2D eigenvalue weighted by Gasteiger charge is 2.31. The lowest BCUT2D eigenvalue weighted by Crippen LogP contribution is -2.15. The number of ether oxygens (including phenoxy) is 6. The van der Waals surface area contributed by atoms with Gasteiger partial charge in [-0.15, -0.1) is 0 Å². The summed E-state index contributed by atoms with van der Waals surface area (Å²) in [6.07, 6.45) is 0.598. The Hall–Kier alpha value is -5.57. The van der Waals surface area contributed by atoms with Gasteiger partial charge in [0.25, 0.3) is 0 Å². The first kappa shape index (κ1) is 31.1. The monoisotopic (exact) mass is 647 g/mol. The lowest BCUT2D eigenvalue weighted by molar-refractivity contribution is 0.230. The molecule has 0 fully saturated rings. The molecule has 1 aliphatic rings. The minimum Gasteiger partial charge on any atom is -0.493 e. The van der Waals surface area contributed by atoms with E-state index in [1.807, 2.05) is 80.6 Å². The van der Waals surface area contributed by atoms with Crippen molar-refractivity contribution in [3.05, 3.63) is 94.3 Å². The molecule has 3 heterocycles. The van der Waals surface area contributed by atoms with Crippen molar-refractivity contribution in [3.8, 4) is 56.9 Å². The maximum absolute atomic E-state index is 14.1. The number of rotatable bonds is 10. The van der Waals surface area contributed by atoms with E-state index < -0.39 is 5.63 Å². The fraction of sp³-hybridized carbons (Fsp3) is 0.256. The van der Waals surface area contributed by atoms with Crippen LogP contribution in [0.5, 0.6) is 34.5 Å². The van der Waals surface area contributed by atoms with Gasteiger partial charge in [0, 0.05) is 34.5 Å². The second-order valence-electron chi connectivity index (χ2n) is 11.9. The number of hydrogen-bond acceptors (Lipinski definition) is 8. The number of hydrogen-bond donors (Lipinski definition) is 0. The molecular weight excluding hydrogens is 610 g/mol. The van der Waals surface area contributed by atoms with Crippen LogP contribution in [0.1, 0.15) is 25.0 Å². The third kappa shape index (κ3) is 5.25. The first-order valence-corrected chi connectivity index (χ1v) is 15.8. The largest absolute Gasteiger partial charge is 0.493 e. The fourth-order valence-electron chi connectivity index (χ4n) is 6.61. The number of nitrogens with zero attached hydrogens (tertiary/aromatic N) is 1. The molecule has 0 N–H and O–H groups in total. The Labute approximate surface area is 278 Å². The van der Waals surface area contributed by atoms with Gasteiger partial charge < -0.3 is 37.4 Å². The van der Waals surface area contributed by atoms with Crippen molar-refractivity contribution < 1.29 is 32.8 Å². The second-order valence-corrected chi connectivity index (χ2v) is 11.9. The lowest BCUT2D eigenvalue weighted by atomic mass is 9.91. The Morgan fingerprint density at radius 1 is 0.771 bits per heavy atom. The smallest absolute Gasteiger partial charge is 0.361 e. The van der Waals surface area contributed by atoms with Crippen LogP contribution < -0.4 is 34.0 Å². The van der Waals surface area contributed by atoms with E-state index >= 15 is 0 Å². The molecule has 48 heavy (non-hydrogen) atoms. The van der Waals surface area contributed by atoms with Crippen molar-refractivity contribution in [1.82, 2.24) is 4.57 Å². The molecule has 0 amide bonds. The molecule has 0 bridgehead atoms. The summed E-state index contributed by atoms with van der Waals surface area (Å²) in [5.74, 6) is 3.45. The first-order chi connectivity index (χ1) is 23.3. The van der Waals surface area contributed by atoms with Crippen LogP contribution >= 0.6 is 0 Å². The van der Waals surface area contributed by atoms with Crippen molar-refractivity contribution in [1.29, 1.82) is 0 Å². The normalized spacial score (nSPS) is 12.1. The molecule has 9 heteroatoms. The Balaban J connectivity index is 1.55. The van der Waals surface area contributed by atoms with Crippen molar-refractivity contribution in [2.75, 3.05) is 28.4 Å². The average molecular weight is 648 g/mol. The van der Waals surface area contributed by atoms with E-state index in [1.165, 1.54) is 0 Å². The molecule has 0 unspecified atom stereocenters. The Morgan fingerprint density at radius 3 is 2.19 bits per heavy atom. The molecule has 7 rings (SSSR count). The molecule has 246 valence electrons. The summed E-state index contributed by atoms with van der Waals surface area (Å²) in [4.78, 5) is 14.1. The van der Waals surface area contributed by atoms with Gasteiger partial charge in [-0.2, -0.15) is 0 Å². The van der Waals surface area contributed by atoms with Crippen LogP contribution in [0.2, 0.25) is 0 Å². The molecule has 6 aromatic rings. The van der Waals surface area contributed by atoms with Crippen molar-refractivity contribution in [3.63, 3.8) is 0 Å². The van der Waals surface area contributed by atoms with Gasteiger partial charge in [-0.1, -0.05) is 36.4 Å². The standard InChI is InChI=1S/C39H37NO8/c1-22(2)47-34-17-25(12-13-28(34)42-3)35-36-27-19-32(45-6)33(46-21-23-10-8-7-9-11-23)20-29(27)48-39(41)38(36)40-15-14-24-16-30(43-4)31(44-5)18-26(24)37(35)40/h7-13,16-20,22H,14-15,21H2,1-6H3. The Morgan fingerprint density at radius 2 is 1.48 bits per heavy atom. The van der Waals surface area contributed by atoms with Crippen LogP contribution in [0.25, 0.3) is 44.3 Å². The third-order valence-corrected chi connectivity index (χ3v) is 8.72. The van der Waals surface area contributed by atoms with E-state index in [0.29, 0.717) is 65.2 Å². The summed E-state index contributed by atoms with van der Waals surface area (Å²) >= 11 is 0. The third-order valence-electron chi connectivity index (χ3n) is 8.72. The zero-order valence-corrected chi connectivity index (χ0v) is 27.8. The second kappa shape index (κ2) is 12.6. The molecule has 0 radical (unpaired) electrons. The van der Waals surface area contributed by atoms with Crippen LogP contribution in [-0.4, -0.2) is 39.1 Å². The molecule has 0 aliphatic carbocycles. The van der Waals surface area contributed by atoms with E-state index in [2.05, 4.69) is 4.57 Å². The van der Waals surface area contributed by atoms with Crippen molar-refractivity contribution in [2.24, 2.45) is 0 Å². The predicted molar refractivity (Wildman–Crippen MR) is 185 cm³/mol. The summed E-state index contributed by atoms with van der Waals surface area (Å²) < 4.78 is 43.4. The fourth-order valence-corrected chi connectivity index (χ4v) is 6.61. The van der Waals surface area contributed by atoms with Crippen LogP contribution in [0.4, 0.5) is 0 Å². The summed E-state index contributed by atoms with van der Waals surface area (Å²) in [5, 5.41) is 1.46. The van der Waals surface area contributed by atoms with Crippen molar-refractivity contribution >= 4 is 21.9 Å². The number of fused-ring (bicyclic) bond motifs is 7. The first-order valence-electron chi connectivity index (χ1n) is 15.8. The summed E-state index contributed by atoms with van der Waals surface area (Å²) in [7, 11) is 6.48. The number of benzene rings is 4. The predicted octanol–water partition coefficient (Wildman–Crippen LogP) is 8.04. The lowest BCUT2D eigenvalue weighted by Gasteiger charge is -2.23. The highest BCUT2D eigenvalue weighted by atomic mass is 16.5. The molecular formula is C39H37NO8. The van der Waals surface area contributed by atoms with E-state index in [0.717, 1.165) is 44.3 Å². The molecule has 1 aliphatic heterocycles. The summed E-state index contributed by atoms with van der Waals surface area (Å²) in [6, 6.07) is 23.3. The van der Waals surface area contributed by atoms with E-state index in [9.17, 15) is 4.79 Å². The average Bonchev–Trinajstić information content (AvgIpc) is 3.46. The minimum absolute atomic E-state index is 0.0854. The maximum atomic E-state index is 14.1. The van der Waals surface area contributed by atoms with Crippen LogP contribution in [-0.2, 0) is 19.6 Å². The topological polar surface area (TPSA) is 90.5 Å².